The van der Waals surface area contributed by atoms with Gasteiger partial charge in [-0.15, -0.1) is 0 Å². The average molecular weight is 329 g/mol. The molecular weight excluding hydrogens is 308 g/mol. The third-order valence-corrected chi connectivity index (χ3v) is 4.86. The van der Waals surface area contributed by atoms with Crippen LogP contribution in [0.25, 0.3) is 0 Å². The molecule has 0 bridgehead atoms. The van der Waals surface area contributed by atoms with Crippen molar-refractivity contribution in [2.75, 3.05) is 0 Å². The summed E-state index contributed by atoms with van der Waals surface area (Å²) < 4.78 is 5.82. The Balaban J connectivity index is 2.19. The molecule has 1 unspecified atom stereocenters. The van der Waals surface area contributed by atoms with E-state index in [2.05, 4.69) is 97.1 Å². The first-order chi connectivity index (χ1) is 11.7. The van der Waals surface area contributed by atoms with Gasteiger partial charge in [0.25, 0.3) is 0 Å². The summed E-state index contributed by atoms with van der Waals surface area (Å²) in [5, 5.41) is 0. The monoisotopic (exact) mass is 329 g/mol. The van der Waals surface area contributed by atoms with Gasteiger partial charge in [-0.2, -0.15) is 0 Å². The zero-order chi connectivity index (χ0) is 16.9. The van der Waals surface area contributed by atoms with Gasteiger partial charge in [-0.1, -0.05) is 78.9 Å². The zero-order valence-electron chi connectivity index (χ0n) is 14.1. The molecule has 3 aromatic rings. The summed E-state index contributed by atoms with van der Waals surface area (Å²) in [7, 11) is 3.35. The lowest BCUT2D eigenvalue weighted by Gasteiger charge is -2.30. The molecule has 0 aliphatic carbocycles. The fourth-order valence-electron chi connectivity index (χ4n) is 3.34. The van der Waals surface area contributed by atoms with Crippen molar-refractivity contribution in [3.05, 3.63) is 107 Å². The average Bonchev–Trinajstić information content (AvgIpc) is 2.62. The lowest BCUT2D eigenvalue weighted by Crippen LogP contribution is -2.17. The summed E-state index contributed by atoms with van der Waals surface area (Å²) in [6, 6.07) is 27.5. The Kier molecular flexibility index (Phi) is 5.29. The van der Waals surface area contributed by atoms with Crippen LogP contribution in [0.2, 0.25) is 0 Å². The van der Waals surface area contributed by atoms with Gasteiger partial charge in [0.15, 0.2) is 0 Å². The minimum atomic E-state index is -0.106. The van der Waals surface area contributed by atoms with Crippen LogP contribution in [0, 0.1) is 13.8 Å². The number of aryl methyl sites for hydroxylation is 2. The third kappa shape index (κ3) is 3.35. The molecule has 0 saturated heterocycles. The van der Waals surface area contributed by atoms with Crippen LogP contribution in [0.15, 0.2) is 78.9 Å². The Morgan fingerprint density at radius 1 is 0.667 bits per heavy atom. The molecule has 2 heteroatoms. The quantitative estimate of drug-likeness (QED) is 0.579. The molecule has 0 aliphatic heterocycles. The highest BCUT2D eigenvalue weighted by Crippen LogP contribution is 2.41. The van der Waals surface area contributed by atoms with Crippen LogP contribution in [0.4, 0.5) is 0 Å². The van der Waals surface area contributed by atoms with Crippen molar-refractivity contribution in [2.45, 2.75) is 25.9 Å². The van der Waals surface area contributed by atoms with E-state index in [1.54, 1.807) is 0 Å². The summed E-state index contributed by atoms with van der Waals surface area (Å²) in [5.41, 5.74) is 6.28. The zero-order valence-corrected chi connectivity index (χ0v) is 15.1. The second kappa shape index (κ2) is 7.60. The summed E-state index contributed by atoms with van der Waals surface area (Å²) in [6.45, 7) is 4.33. The SMILES string of the molecule is Cc1ccccc1C(c1ccccc1C)C(O[Si])c1ccccc1. The predicted octanol–water partition coefficient (Wildman–Crippen LogP) is 5.28. The van der Waals surface area contributed by atoms with Crippen LogP contribution < -0.4 is 0 Å². The van der Waals surface area contributed by atoms with Crippen molar-refractivity contribution in [3.8, 4) is 0 Å². The van der Waals surface area contributed by atoms with Gasteiger partial charge in [0.05, 0.1) is 6.10 Å². The van der Waals surface area contributed by atoms with Gasteiger partial charge in [0.2, 0.25) is 10.5 Å². The maximum absolute atomic E-state index is 5.82. The molecule has 0 aliphatic rings. The van der Waals surface area contributed by atoms with Crippen LogP contribution in [0.5, 0.6) is 0 Å². The van der Waals surface area contributed by atoms with Gasteiger partial charge in [-0.3, -0.25) is 0 Å². The topological polar surface area (TPSA) is 9.23 Å². The number of benzene rings is 3. The van der Waals surface area contributed by atoms with Crippen molar-refractivity contribution < 1.29 is 4.43 Å². The Morgan fingerprint density at radius 3 is 1.58 bits per heavy atom. The standard InChI is InChI=1S/C22H21OSi/c1-16-10-6-8-14-19(16)21(20-15-9-7-11-17(20)2)22(23-24)18-12-4-3-5-13-18/h3-15,21-22H,1-2H3. The Morgan fingerprint density at radius 2 is 1.12 bits per heavy atom. The molecule has 1 nitrogen and oxygen atoms in total. The maximum Gasteiger partial charge on any atom is 0.247 e. The second-order valence-corrected chi connectivity index (χ2v) is 6.38. The first-order valence-corrected chi connectivity index (χ1v) is 8.61. The molecule has 0 aromatic heterocycles. The van der Waals surface area contributed by atoms with Gasteiger partial charge in [0.1, 0.15) is 0 Å². The van der Waals surface area contributed by atoms with Crippen molar-refractivity contribution in [1.29, 1.82) is 0 Å². The Hall–Kier alpha value is -2.16. The molecule has 0 fully saturated rings. The molecule has 1 atom stereocenters. The summed E-state index contributed by atoms with van der Waals surface area (Å²) in [5.74, 6) is 0.118. The highest BCUT2D eigenvalue weighted by atomic mass is 28.2. The molecule has 24 heavy (non-hydrogen) atoms. The lowest BCUT2D eigenvalue weighted by molar-refractivity contribution is 0.205. The second-order valence-electron chi connectivity index (χ2n) is 6.14. The summed E-state index contributed by atoms with van der Waals surface area (Å²) in [6.07, 6.45) is -0.106. The van der Waals surface area contributed by atoms with Crippen LogP contribution in [0.1, 0.15) is 39.8 Å². The first-order valence-electron chi connectivity index (χ1n) is 8.20. The Bertz CT molecular complexity index is 752. The number of hydrogen-bond acceptors (Lipinski definition) is 1. The van der Waals surface area contributed by atoms with Crippen molar-refractivity contribution in [2.24, 2.45) is 0 Å². The van der Waals surface area contributed by atoms with E-state index in [1.807, 2.05) is 6.07 Å². The molecular formula is C22H21OSi. The fourth-order valence-corrected chi connectivity index (χ4v) is 3.61. The maximum atomic E-state index is 5.82. The number of hydrogen-bond donors (Lipinski definition) is 0. The molecule has 0 saturated carbocycles. The van der Waals surface area contributed by atoms with E-state index in [-0.39, 0.29) is 12.0 Å². The van der Waals surface area contributed by atoms with Crippen LogP contribution in [-0.2, 0) is 4.43 Å². The van der Waals surface area contributed by atoms with Gasteiger partial charge in [-0.05, 0) is 41.7 Å². The van der Waals surface area contributed by atoms with Crippen LogP contribution in [-0.4, -0.2) is 10.5 Å². The van der Waals surface area contributed by atoms with Crippen molar-refractivity contribution >= 4 is 10.5 Å². The van der Waals surface area contributed by atoms with Crippen LogP contribution in [0.3, 0.4) is 0 Å². The van der Waals surface area contributed by atoms with E-state index in [0.717, 1.165) is 5.56 Å². The van der Waals surface area contributed by atoms with E-state index in [4.69, 9.17) is 4.43 Å². The van der Waals surface area contributed by atoms with E-state index >= 15 is 0 Å². The first kappa shape index (κ1) is 16.7. The minimum Gasteiger partial charge on any atom is -0.411 e. The molecule has 0 amide bonds. The van der Waals surface area contributed by atoms with Crippen molar-refractivity contribution in [1.82, 2.24) is 0 Å². The molecule has 0 N–H and O–H groups in total. The highest BCUT2D eigenvalue weighted by molar-refractivity contribution is 5.98. The van der Waals surface area contributed by atoms with E-state index < -0.39 is 0 Å². The largest absolute Gasteiger partial charge is 0.411 e. The molecule has 3 aromatic carbocycles. The molecule has 3 radical (unpaired) electrons. The third-order valence-electron chi connectivity index (χ3n) is 4.60. The van der Waals surface area contributed by atoms with E-state index in [1.165, 1.54) is 22.3 Å². The normalized spacial score (nSPS) is 12.3. The minimum absolute atomic E-state index is 0.106. The van der Waals surface area contributed by atoms with Gasteiger partial charge >= 0.3 is 0 Å². The van der Waals surface area contributed by atoms with Gasteiger partial charge in [-0.25, -0.2) is 0 Å². The highest BCUT2D eigenvalue weighted by Gasteiger charge is 2.28. The smallest absolute Gasteiger partial charge is 0.247 e. The van der Waals surface area contributed by atoms with Crippen molar-refractivity contribution in [3.63, 3.8) is 0 Å². The summed E-state index contributed by atoms with van der Waals surface area (Å²) in [4.78, 5) is 0. The molecule has 0 spiro atoms. The van der Waals surface area contributed by atoms with Gasteiger partial charge < -0.3 is 4.43 Å². The number of rotatable bonds is 5. The predicted molar refractivity (Wildman–Crippen MR) is 100 cm³/mol. The molecule has 3 rings (SSSR count). The van der Waals surface area contributed by atoms with E-state index in [9.17, 15) is 0 Å². The summed E-state index contributed by atoms with van der Waals surface area (Å²) >= 11 is 0. The van der Waals surface area contributed by atoms with Gasteiger partial charge in [0, 0.05) is 5.92 Å². The fraction of sp³-hybridized carbons (Fsp3) is 0.182. The van der Waals surface area contributed by atoms with E-state index in [0.29, 0.717) is 0 Å². The Labute approximate surface area is 147 Å². The molecule has 119 valence electrons. The van der Waals surface area contributed by atoms with Crippen LogP contribution >= 0.6 is 0 Å². The lowest BCUT2D eigenvalue weighted by atomic mass is 9.80. The molecule has 0 heterocycles.